The molecule has 0 spiro atoms. The maximum Gasteiger partial charge on any atom is 0.294 e. The molecule has 0 aromatic rings. The average Bonchev–Trinajstić information content (AvgIpc) is 2.02. The van der Waals surface area contributed by atoms with Gasteiger partial charge in [0.05, 0.1) is 0 Å². The van der Waals surface area contributed by atoms with Gasteiger partial charge in [0.2, 0.25) is 5.78 Å². The van der Waals surface area contributed by atoms with Gasteiger partial charge in [0.1, 0.15) is 6.10 Å². The molecule has 1 unspecified atom stereocenters. The van der Waals surface area contributed by atoms with Crippen molar-refractivity contribution in [2.75, 3.05) is 6.54 Å². The summed E-state index contributed by atoms with van der Waals surface area (Å²) < 4.78 is 0. The second-order valence-corrected chi connectivity index (χ2v) is 2.74. The number of amides is 1. The molecule has 0 heterocycles. The van der Waals surface area contributed by atoms with Crippen molar-refractivity contribution in [1.29, 1.82) is 0 Å². The van der Waals surface area contributed by atoms with Crippen molar-refractivity contribution in [1.82, 2.24) is 5.32 Å². The number of rotatable bonds is 6. The van der Waals surface area contributed by atoms with Crippen molar-refractivity contribution in [3.05, 3.63) is 10.1 Å². The smallest absolute Gasteiger partial charge is 0.294 e. The van der Waals surface area contributed by atoms with Gasteiger partial charge in [0.15, 0.2) is 0 Å². The zero-order chi connectivity index (χ0) is 11.1. The van der Waals surface area contributed by atoms with Crippen LogP contribution in [0.15, 0.2) is 0 Å². The molecule has 0 radical (unpaired) electrons. The van der Waals surface area contributed by atoms with Gasteiger partial charge in [0.25, 0.3) is 11.0 Å². The third-order valence-electron chi connectivity index (χ3n) is 1.42. The fraction of sp³-hybridized carbons (Fsp3) is 0.714. The van der Waals surface area contributed by atoms with E-state index >= 15 is 0 Å². The predicted octanol–water partition coefficient (Wildman–Crippen LogP) is -0.321. The van der Waals surface area contributed by atoms with E-state index < -0.39 is 22.9 Å². The van der Waals surface area contributed by atoms with E-state index in [2.05, 4.69) is 10.2 Å². The van der Waals surface area contributed by atoms with E-state index in [1.54, 1.807) is 0 Å². The van der Waals surface area contributed by atoms with Crippen LogP contribution < -0.4 is 5.32 Å². The largest absolute Gasteiger partial charge is 0.349 e. The van der Waals surface area contributed by atoms with Crippen LogP contribution in [-0.4, -0.2) is 29.4 Å². The molecule has 0 bridgehead atoms. The normalized spacial score (nSPS) is 11.6. The Morgan fingerprint density at radius 1 is 1.57 bits per heavy atom. The number of nitrogens with zero attached hydrogens (tertiary/aromatic N) is 1. The summed E-state index contributed by atoms with van der Waals surface area (Å²) in [7, 11) is 0. The van der Waals surface area contributed by atoms with Crippen LogP contribution in [0.3, 0.4) is 0 Å². The van der Waals surface area contributed by atoms with E-state index in [-0.39, 0.29) is 13.0 Å². The van der Waals surface area contributed by atoms with Crippen LogP contribution in [0.25, 0.3) is 0 Å². The highest BCUT2D eigenvalue weighted by Crippen LogP contribution is 1.95. The van der Waals surface area contributed by atoms with Crippen LogP contribution in [-0.2, 0) is 14.4 Å². The minimum Gasteiger partial charge on any atom is -0.349 e. The van der Waals surface area contributed by atoms with Crippen molar-refractivity contribution < 1.29 is 19.5 Å². The summed E-state index contributed by atoms with van der Waals surface area (Å²) in [4.78, 5) is 35.2. The Balaban J connectivity index is 3.59. The molecular weight excluding hydrogens is 192 g/mol. The van der Waals surface area contributed by atoms with Gasteiger partial charge in [-0.05, 0) is 13.3 Å². The zero-order valence-electron chi connectivity index (χ0n) is 7.98. The van der Waals surface area contributed by atoms with Crippen LogP contribution >= 0.6 is 0 Å². The van der Waals surface area contributed by atoms with Crippen LogP contribution in [0.2, 0.25) is 0 Å². The lowest BCUT2D eigenvalue weighted by atomic mass is 10.3. The zero-order valence-corrected chi connectivity index (χ0v) is 7.98. The third-order valence-corrected chi connectivity index (χ3v) is 1.42. The molecule has 0 aliphatic heterocycles. The Morgan fingerprint density at radius 2 is 2.14 bits per heavy atom. The maximum atomic E-state index is 10.7. The molecule has 14 heavy (non-hydrogen) atoms. The standard InChI is InChI=1S/C7H12N2O5/c1-5(14-9(12)13)3-4-8-7(11)6(2)10/h5H,3-4H2,1-2H3,(H,8,11). The summed E-state index contributed by atoms with van der Waals surface area (Å²) in [6.45, 7) is 2.82. The first-order valence-electron chi connectivity index (χ1n) is 4.03. The highest BCUT2D eigenvalue weighted by atomic mass is 17.0. The van der Waals surface area contributed by atoms with E-state index in [1.807, 2.05) is 0 Å². The lowest BCUT2D eigenvalue weighted by Gasteiger charge is -2.08. The number of hydrogen-bond acceptors (Lipinski definition) is 5. The third kappa shape index (κ3) is 5.92. The van der Waals surface area contributed by atoms with Crippen LogP contribution in [0, 0.1) is 10.1 Å². The van der Waals surface area contributed by atoms with E-state index in [0.29, 0.717) is 0 Å². The van der Waals surface area contributed by atoms with Gasteiger partial charge in [-0.15, -0.1) is 10.1 Å². The predicted molar refractivity (Wildman–Crippen MR) is 45.8 cm³/mol. The summed E-state index contributed by atoms with van der Waals surface area (Å²) in [6, 6.07) is 0. The quantitative estimate of drug-likeness (QED) is 0.363. The Labute approximate surface area is 80.5 Å². The Morgan fingerprint density at radius 3 is 2.57 bits per heavy atom. The minimum absolute atomic E-state index is 0.174. The molecule has 1 atom stereocenters. The minimum atomic E-state index is -0.891. The molecule has 0 aromatic heterocycles. The average molecular weight is 204 g/mol. The number of Topliss-reactive ketones (excluding diaryl/α,β-unsaturated/α-hetero) is 1. The Bertz CT molecular complexity index is 240. The van der Waals surface area contributed by atoms with Gasteiger partial charge in [-0.1, -0.05) is 0 Å². The van der Waals surface area contributed by atoms with Gasteiger partial charge in [-0.2, -0.15) is 0 Å². The van der Waals surface area contributed by atoms with Gasteiger partial charge in [-0.3, -0.25) is 9.59 Å². The molecule has 1 amide bonds. The molecule has 80 valence electrons. The molecule has 1 N–H and O–H groups in total. The summed E-state index contributed by atoms with van der Waals surface area (Å²) in [6.07, 6.45) is -0.322. The number of nitrogens with one attached hydrogen (secondary N) is 1. The molecule has 0 aliphatic rings. The van der Waals surface area contributed by atoms with Crippen molar-refractivity contribution in [3.63, 3.8) is 0 Å². The molecular formula is C7H12N2O5. The molecule has 0 saturated carbocycles. The van der Waals surface area contributed by atoms with Crippen molar-refractivity contribution in [2.24, 2.45) is 0 Å². The van der Waals surface area contributed by atoms with Gasteiger partial charge < -0.3 is 10.2 Å². The summed E-state index contributed by atoms with van der Waals surface area (Å²) >= 11 is 0. The molecule has 0 aromatic carbocycles. The number of ketones is 1. The van der Waals surface area contributed by atoms with E-state index in [4.69, 9.17) is 0 Å². The van der Waals surface area contributed by atoms with E-state index in [1.165, 1.54) is 6.92 Å². The Hall–Kier alpha value is -1.66. The van der Waals surface area contributed by atoms with Crippen LogP contribution in [0.1, 0.15) is 20.3 Å². The number of carbonyl (C=O) groups excluding carboxylic acids is 2. The lowest BCUT2D eigenvalue weighted by Crippen LogP contribution is -2.32. The topological polar surface area (TPSA) is 98.5 Å². The van der Waals surface area contributed by atoms with Crippen molar-refractivity contribution in [2.45, 2.75) is 26.4 Å². The summed E-state index contributed by atoms with van der Waals surface area (Å²) in [5.74, 6) is -1.29. The fourth-order valence-electron chi connectivity index (χ4n) is 0.713. The second kappa shape index (κ2) is 5.90. The van der Waals surface area contributed by atoms with E-state index in [0.717, 1.165) is 6.92 Å². The number of hydrogen-bond donors (Lipinski definition) is 1. The molecule has 0 rings (SSSR count). The number of carbonyl (C=O) groups is 2. The van der Waals surface area contributed by atoms with Crippen LogP contribution in [0.5, 0.6) is 0 Å². The van der Waals surface area contributed by atoms with E-state index in [9.17, 15) is 19.7 Å². The fourth-order valence-corrected chi connectivity index (χ4v) is 0.713. The first-order chi connectivity index (χ1) is 6.43. The summed E-state index contributed by atoms with van der Waals surface area (Å²) in [5.41, 5.74) is 0. The lowest BCUT2D eigenvalue weighted by molar-refractivity contribution is -0.767. The van der Waals surface area contributed by atoms with Gasteiger partial charge in [-0.25, -0.2) is 0 Å². The molecule has 7 heteroatoms. The second-order valence-electron chi connectivity index (χ2n) is 2.74. The van der Waals surface area contributed by atoms with Crippen LogP contribution in [0.4, 0.5) is 0 Å². The Kier molecular flexibility index (Phi) is 5.20. The maximum absolute atomic E-state index is 10.7. The first-order valence-corrected chi connectivity index (χ1v) is 4.03. The highest BCUT2D eigenvalue weighted by Gasteiger charge is 2.09. The molecule has 0 fully saturated rings. The monoisotopic (exact) mass is 204 g/mol. The SMILES string of the molecule is CC(=O)C(=O)NCCC(C)O[N+](=O)[O-]. The molecule has 0 aliphatic carbocycles. The first kappa shape index (κ1) is 12.3. The molecule has 0 saturated heterocycles. The van der Waals surface area contributed by atoms with Gasteiger partial charge in [0, 0.05) is 13.5 Å². The van der Waals surface area contributed by atoms with Crippen molar-refractivity contribution in [3.8, 4) is 0 Å². The molecule has 7 nitrogen and oxygen atoms in total. The van der Waals surface area contributed by atoms with Gasteiger partial charge >= 0.3 is 0 Å². The highest BCUT2D eigenvalue weighted by molar-refractivity contribution is 6.35. The summed E-state index contributed by atoms with van der Waals surface area (Å²) in [5, 5.41) is 11.3. The van der Waals surface area contributed by atoms with Crippen molar-refractivity contribution >= 4 is 11.7 Å².